The number of imidazole rings is 1. The van der Waals surface area contributed by atoms with Gasteiger partial charge in [-0.05, 0) is 30.5 Å². The third-order valence-electron chi connectivity index (χ3n) is 5.13. The zero-order valence-electron chi connectivity index (χ0n) is 17.0. The Morgan fingerprint density at radius 3 is 2.53 bits per heavy atom. The number of hydrogen-bond donors (Lipinski definition) is 0. The molecule has 0 aliphatic carbocycles. The fourth-order valence-electron chi connectivity index (χ4n) is 3.65. The van der Waals surface area contributed by atoms with E-state index in [0.717, 1.165) is 5.56 Å². The summed E-state index contributed by atoms with van der Waals surface area (Å²) in [6.07, 6.45) is 5.98. The molecule has 1 atom stereocenters. The highest BCUT2D eigenvalue weighted by molar-refractivity contribution is 7.89. The standard InChI is InChI=1S/C20H23FN6O2S/c1-25(2)20-22-11-16(14-6-8-15(21)9-7-14)19(24-20)17-5-4-10-27(17)30(28,29)18-12-26(3)13-23-18/h6-9,11-13,17H,4-5,10H2,1-3H3/t17-/m1/s1. The van der Waals surface area contributed by atoms with Gasteiger partial charge in [0.1, 0.15) is 5.82 Å². The summed E-state index contributed by atoms with van der Waals surface area (Å²) in [6, 6.07) is 5.59. The average molecular weight is 431 g/mol. The van der Waals surface area contributed by atoms with Gasteiger partial charge in [0.25, 0.3) is 10.0 Å². The Labute approximate surface area is 175 Å². The Balaban J connectivity index is 1.83. The Hall–Kier alpha value is -2.85. The molecule has 8 nitrogen and oxygen atoms in total. The van der Waals surface area contributed by atoms with Gasteiger partial charge in [-0.15, -0.1) is 0 Å². The number of nitrogens with zero attached hydrogens (tertiary/aromatic N) is 6. The van der Waals surface area contributed by atoms with Crippen LogP contribution in [0.15, 0.2) is 48.0 Å². The normalized spacial score (nSPS) is 17.4. The van der Waals surface area contributed by atoms with Crippen LogP contribution in [0.3, 0.4) is 0 Å². The van der Waals surface area contributed by atoms with Crippen molar-refractivity contribution in [3.05, 3.63) is 54.5 Å². The van der Waals surface area contributed by atoms with Gasteiger partial charge < -0.3 is 9.47 Å². The Kier molecular flexibility index (Phi) is 5.29. The lowest BCUT2D eigenvalue weighted by Gasteiger charge is -2.25. The van der Waals surface area contributed by atoms with Gasteiger partial charge in [-0.25, -0.2) is 27.8 Å². The van der Waals surface area contributed by atoms with Crippen LogP contribution >= 0.6 is 0 Å². The van der Waals surface area contributed by atoms with Crippen molar-refractivity contribution in [1.29, 1.82) is 0 Å². The highest BCUT2D eigenvalue weighted by atomic mass is 32.2. The lowest BCUT2D eigenvalue weighted by atomic mass is 10.0. The molecule has 1 aromatic carbocycles. The molecule has 0 unspecified atom stereocenters. The van der Waals surface area contributed by atoms with Gasteiger partial charge in [-0.2, -0.15) is 4.31 Å². The van der Waals surface area contributed by atoms with Gasteiger partial charge in [-0.1, -0.05) is 12.1 Å². The minimum absolute atomic E-state index is 0.0159. The predicted octanol–water partition coefficient (Wildman–Crippen LogP) is 2.61. The quantitative estimate of drug-likeness (QED) is 0.619. The van der Waals surface area contributed by atoms with Crippen LogP contribution in [0, 0.1) is 5.82 Å². The molecule has 1 saturated heterocycles. The molecule has 0 spiro atoms. The van der Waals surface area contributed by atoms with E-state index in [0.29, 0.717) is 36.6 Å². The van der Waals surface area contributed by atoms with E-state index in [1.54, 1.807) is 34.8 Å². The zero-order chi connectivity index (χ0) is 21.5. The second kappa shape index (κ2) is 7.77. The van der Waals surface area contributed by atoms with E-state index in [-0.39, 0.29) is 10.8 Å². The van der Waals surface area contributed by atoms with Gasteiger partial charge in [0.05, 0.1) is 18.1 Å². The largest absolute Gasteiger partial charge is 0.347 e. The summed E-state index contributed by atoms with van der Waals surface area (Å²) in [6.45, 7) is 0.383. The van der Waals surface area contributed by atoms with Crippen molar-refractivity contribution in [2.45, 2.75) is 23.9 Å². The third kappa shape index (κ3) is 3.68. The second-order valence-electron chi connectivity index (χ2n) is 7.52. The highest BCUT2D eigenvalue weighted by Crippen LogP contribution is 2.39. The number of anilines is 1. The van der Waals surface area contributed by atoms with Crippen molar-refractivity contribution in [3.63, 3.8) is 0 Å². The van der Waals surface area contributed by atoms with Crippen LogP contribution in [-0.2, 0) is 17.1 Å². The Morgan fingerprint density at radius 1 is 1.17 bits per heavy atom. The molecule has 3 heterocycles. The van der Waals surface area contributed by atoms with Crippen LogP contribution in [-0.4, -0.2) is 52.9 Å². The smallest absolute Gasteiger partial charge is 0.262 e. The Morgan fingerprint density at radius 2 is 1.90 bits per heavy atom. The lowest BCUT2D eigenvalue weighted by Crippen LogP contribution is -2.32. The molecule has 158 valence electrons. The molecule has 2 aromatic heterocycles. The molecule has 0 saturated carbocycles. The van der Waals surface area contributed by atoms with Crippen LogP contribution < -0.4 is 4.90 Å². The van der Waals surface area contributed by atoms with Crippen LogP contribution in [0.1, 0.15) is 24.6 Å². The minimum atomic E-state index is -3.79. The Bertz CT molecular complexity index is 1160. The van der Waals surface area contributed by atoms with Crippen molar-refractivity contribution in [3.8, 4) is 11.1 Å². The predicted molar refractivity (Wildman–Crippen MR) is 111 cm³/mol. The minimum Gasteiger partial charge on any atom is -0.347 e. The van der Waals surface area contributed by atoms with Crippen LogP contribution in [0.25, 0.3) is 11.1 Å². The van der Waals surface area contributed by atoms with E-state index in [1.165, 1.54) is 29.0 Å². The van der Waals surface area contributed by atoms with Gasteiger partial charge in [0.2, 0.25) is 5.95 Å². The maximum atomic E-state index is 13.4. The molecule has 10 heteroatoms. The maximum Gasteiger partial charge on any atom is 0.262 e. The van der Waals surface area contributed by atoms with Crippen molar-refractivity contribution < 1.29 is 12.8 Å². The molecule has 1 fully saturated rings. The van der Waals surface area contributed by atoms with Crippen molar-refractivity contribution in [1.82, 2.24) is 23.8 Å². The number of aryl methyl sites for hydroxylation is 1. The van der Waals surface area contributed by atoms with Crippen molar-refractivity contribution >= 4 is 16.0 Å². The maximum absolute atomic E-state index is 13.4. The summed E-state index contributed by atoms with van der Waals surface area (Å²) in [5, 5.41) is 0.0159. The number of benzene rings is 1. The fraction of sp³-hybridized carbons (Fsp3) is 0.350. The summed E-state index contributed by atoms with van der Waals surface area (Å²) in [5.74, 6) is 0.143. The molecule has 0 bridgehead atoms. The first-order valence-corrected chi connectivity index (χ1v) is 11.0. The summed E-state index contributed by atoms with van der Waals surface area (Å²) in [7, 11) is 1.60. The van der Waals surface area contributed by atoms with Gasteiger partial charge >= 0.3 is 0 Å². The molecule has 1 aliphatic heterocycles. The number of hydrogen-bond acceptors (Lipinski definition) is 6. The van der Waals surface area contributed by atoms with E-state index < -0.39 is 16.1 Å². The van der Waals surface area contributed by atoms with E-state index in [4.69, 9.17) is 4.98 Å². The number of rotatable bonds is 5. The fourth-order valence-corrected chi connectivity index (χ4v) is 5.28. The average Bonchev–Trinajstić information content (AvgIpc) is 3.38. The molecule has 0 amide bonds. The van der Waals surface area contributed by atoms with E-state index in [2.05, 4.69) is 9.97 Å². The van der Waals surface area contributed by atoms with Crippen LogP contribution in [0.2, 0.25) is 0 Å². The molecule has 1 aliphatic rings. The topological polar surface area (TPSA) is 84.2 Å². The van der Waals surface area contributed by atoms with Gasteiger partial charge in [0.15, 0.2) is 5.03 Å². The zero-order valence-corrected chi connectivity index (χ0v) is 17.8. The second-order valence-corrected chi connectivity index (χ2v) is 9.36. The summed E-state index contributed by atoms with van der Waals surface area (Å²) in [5.41, 5.74) is 2.03. The summed E-state index contributed by atoms with van der Waals surface area (Å²) >= 11 is 0. The molecule has 0 N–H and O–H groups in total. The number of sulfonamides is 1. The first-order valence-electron chi connectivity index (χ1n) is 9.57. The molecular weight excluding hydrogens is 407 g/mol. The van der Waals surface area contributed by atoms with Crippen LogP contribution in [0.5, 0.6) is 0 Å². The summed E-state index contributed by atoms with van der Waals surface area (Å²) in [4.78, 5) is 14.9. The highest BCUT2D eigenvalue weighted by Gasteiger charge is 2.39. The first-order chi connectivity index (χ1) is 14.3. The monoisotopic (exact) mass is 430 g/mol. The van der Waals surface area contributed by atoms with Gasteiger partial charge in [0, 0.05) is 45.6 Å². The summed E-state index contributed by atoms with van der Waals surface area (Å²) < 4.78 is 43.1. The molecule has 30 heavy (non-hydrogen) atoms. The SMILES string of the molecule is CN(C)c1ncc(-c2ccc(F)cc2)c([C@H]2CCCN2S(=O)(=O)c2cn(C)cn2)n1. The molecule has 0 radical (unpaired) electrons. The molecule has 3 aromatic rings. The lowest BCUT2D eigenvalue weighted by molar-refractivity contribution is 0.389. The van der Waals surface area contributed by atoms with E-state index in [1.807, 2.05) is 14.1 Å². The van der Waals surface area contributed by atoms with Crippen LogP contribution in [0.4, 0.5) is 10.3 Å². The first kappa shape index (κ1) is 20.4. The third-order valence-corrected chi connectivity index (χ3v) is 6.93. The molecular formula is C20H23FN6O2S. The molecule has 4 rings (SSSR count). The number of halogens is 1. The number of aromatic nitrogens is 4. The van der Waals surface area contributed by atoms with Crippen molar-refractivity contribution in [2.24, 2.45) is 7.05 Å². The van der Waals surface area contributed by atoms with Crippen molar-refractivity contribution in [2.75, 3.05) is 25.5 Å². The van der Waals surface area contributed by atoms with E-state index >= 15 is 0 Å². The van der Waals surface area contributed by atoms with E-state index in [9.17, 15) is 12.8 Å². The van der Waals surface area contributed by atoms with Gasteiger partial charge in [-0.3, -0.25) is 0 Å².